The fourth-order valence-electron chi connectivity index (χ4n) is 4.21. The van der Waals surface area contributed by atoms with E-state index in [1.165, 1.54) is 0 Å². The number of hydrogen-bond acceptors (Lipinski definition) is 3. The first-order valence-electron chi connectivity index (χ1n) is 11.2. The van der Waals surface area contributed by atoms with Gasteiger partial charge in [-0.05, 0) is 64.1 Å². The monoisotopic (exact) mass is 341 g/mol. The highest BCUT2D eigenvalue weighted by molar-refractivity contribution is 6.08. The van der Waals surface area contributed by atoms with Crippen LogP contribution in [0.4, 0.5) is 5.69 Å². The van der Waals surface area contributed by atoms with Crippen LogP contribution >= 0.6 is 0 Å². The van der Waals surface area contributed by atoms with E-state index in [0.29, 0.717) is 11.3 Å². The average Bonchev–Trinajstić information content (AvgIpc) is 3.02. The number of rotatable bonds is 1. The standard InChI is InChI=1S/C22H28N2O/c1-13-8-10-16-17-11-9-14(2)23-20(17)25-19(16)18(13)24-15(3)21(4,5)12-22(24,6)7/h8-11,15H,12H2,1-7H3/t15-/m0/s1/i4D3,12D2/t15-,21?. The lowest BCUT2D eigenvalue weighted by Crippen LogP contribution is -2.43. The number of fused-ring (bicyclic) bond motifs is 3. The van der Waals surface area contributed by atoms with Gasteiger partial charge < -0.3 is 9.32 Å². The third-order valence-corrected chi connectivity index (χ3v) is 5.45. The summed E-state index contributed by atoms with van der Waals surface area (Å²) in [6.45, 7) is 8.29. The number of furan rings is 1. The predicted octanol–water partition coefficient (Wildman–Crippen LogP) is 6.00. The van der Waals surface area contributed by atoms with Crippen LogP contribution in [-0.2, 0) is 0 Å². The van der Waals surface area contributed by atoms with Crippen molar-refractivity contribution in [3.8, 4) is 0 Å². The fraction of sp³-hybridized carbons (Fsp3) is 0.500. The SMILES string of the molecule is [2H]C([2H])([2H])C1(C)[C@H](C)N(c2c(C)ccc3c2oc2nc(C)ccc23)C(C)(C)C1([2H])[2H]. The number of nitrogens with zero attached hydrogens (tertiary/aromatic N) is 2. The highest BCUT2D eigenvalue weighted by Crippen LogP contribution is 2.51. The molecule has 25 heavy (non-hydrogen) atoms. The second kappa shape index (κ2) is 5.00. The molecule has 1 aliphatic rings. The van der Waals surface area contributed by atoms with Crippen LogP contribution in [0, 0.1) is 19.3 Å². The Morgan fingerprint density at radius 3 is 2.60 bits per heavy atom. The number of benzene rings is 1. The van der Waals surface area contributed by atoms with Crippen LogP contribution in [0.2, 0.25) is 0 Å². The Morgan fingerprint density at radius 2 is 1.92 bits per heavy atom. The molecular formula is C22H28N2O. The summed E-state index contributed by atoms with van der Waals surface area (Å²) in [5.41, 5.74) is 0.981. The minimum atomic E-state index is -2.48. The molecule has 3 aromatic rings. The maximum Gasteiger partial charge on any atom is 0.227 e. The van der Waals surface area contributed by atoms with E-state index in [9.17, 15) is 0 Å². The van der Waals surface area contributed by atoms with Crippen molar-refractivity contribution in [2.75, 3.05) is 4.90 Å². The topological polar surface area (TPSA) is 29.3 Å². The first kappa shape index (κ1) is 11.6. The van der Waals surface area contributed by atoms with Crippen LogP contribution in [-0.4, -0.2) is 16.6 Å². The molecule has 1 fully saturated rings. The van der Waals surface area contributed by atoms with Crippen LogP contribution in [0.1, 0.15) is 59.0 Å². The molecule has 1 saturated heterocycles. The molecule has 2 atom stereocenters. The Balaban J connectivity index is 2.07. The third-order valence-electron chi connectivity index (χ3n) is 5.45. The molecule has 0 spiro atoms. The molecule has 0 N–H and O–H groups in total. The second-order valence-corrected chi connectivity index (χ2v) is 7.95. The average molecular weight is 342 g/mol. The zero-order chi connectivity index (χ0) is 22.4. The summed E-state index contributed by atoms with van der Waals surface area (Å²) in [5, 5.41) is 1.78. The zero-order valence-electron chi connectivity index (χ0n) is 20.7. The van der Waals surface area contributed by atoms with Gasteiger partial charge in [-0.3, -0.25) is 0 Å². The molecule has 2 aromatic heterocycles. The maximum atomic E-state index is 8.94. The minimum Gasteiger partial charge on any atom is -0.436 e. The van der Waals surface area contributed by atoms with Crippen LogP contribution in [0.3, 0.4) is 0 Å². The Kier molecular flexibility index (Phi) is 2.31. The Morgan fingerprint density at radius 1 is 1.20 bits per heavy atom. The first-order chi connectivity index (χ1) is 13.7. The zero-order valence-corrected chi connectivity index (χ0v) is 15.7. The van der Waals surface area contributed by atoms with Crippen molar-refractivity contribution in [2.45, 2.75) is 66.3 Å². The molecular weight excluding hydrogens is 308 g/mol. The molecule has 1 unspecified atom stereocenters. The van der Waals surface area contributed by atoms with Crippen molar-refractivity contribution >= 4 is 27.8 Å². The fourth-order valence-corrected chi connectivity index (χ4v) is 4.21. The smallest absolute Gasteiger partial charge is 0.227 e. The van der Waals surface area contributed by atoms with Crippen molar-refractivity contribution < 1.29 is 11.3 Å². The van der Waals surface area contributed by atoms with Gasteiger partial charge >= 0.3 is 0 Å². The normalized spacial score (nSPS) is 31.5. The van der Waals surface area contributed by atoms with E-state index in [-0.39, 0.29) is 0 Å². The lowest BCUT2D eigenvalue weighted by Gasteiger charge is -2.38. The molecule has 1 aromatic carbocycles. The Hall–Kier alpha value is -2.03. The summed E-state index contributed by atoms with van der Waals surface area (Å²) in [6.07, 6.45) is -1.99. The summed E-state index contributed by atoms with van der Waals surface area (Å²) in [6, 6.07) is 7.29. The number of pyridine rings is 1. The van der Waals surface area contributed by atoms with E-state index in [4.69, 9.17) is 11.3 Å². The number of aryl methyl sites for hydroxylation is 2. The largest absolute Gasteiger partial charge is 0.436 e. The summed E-state index contributed by atoms with van der Waals surface area (Å²) < 4.78 is 48.7. The molecule has 132 valence electrons. The van der Waals surface area contributed by atoms with Gasteiger partial charge in [-0.25, -0.2) is 4.98 Å². The van der Waals surface area contributed by atoms with Gasteiger partial charge in [0, 0.05) is 34.9 Å². The molecule has 0 aliphatic carbocycles. The molecule has 4 rings (SSSR count). The van der Waals surface area contributed by atoms with E-state index in [2.05, 4.69) is 4.98 Å². The molecule has 0 bridgehead atoms. The third kappa shape index (κ3) is 2.28. The van der Waals surface area contributed by atoms with Gasteiger partial charge in [0.1, 0.15) is 0 Å². The summed E-state index contributed by atoms with van der Waals surface area (Å²) in [4.78, 5) is 6.44. The van der Waals surface area contributed by atoms with Crippen molar-refractivity contribution in [3.63, 3.8) is 0 Å². The van der Waals surface area contributed by atoms with E-state index >= 15 is 0 Å². The minimum absolute atomic E-state index is 0.531. The second-order valence-electron chi connectivity index (χ2n) is 7.95. The molecule has 3 heteroatoms. The lowest BCUT2D eigenvalue weighted by atomic mass is 9.82. The molecule has 0 amide bonds. The van der Waals surface area contributed by atoms with Gasteiger partial charge in [-0.15, -0.1) is 0 Å². The Labute approximate surface area is 157 Å². The van der Waals surface area contributed by atoms with Crippen LogP contribution in [0.25, 0.3) is 22.1 Å². The van der Waals surface area contributed by atoms with E-state index < -0.39 is 30.2 Å². The number of aromatic nitrogens is 1. The molecule has 3 nitrogen and oxygen atoms in total. The van der Waals surface area contributed by atoms with Crippen LogP contribution in [0.15, 0.2) is 28.7 Å². The lowest BCUT2D eigenvalue weighted by molar-refractivity contribution is 0.329. The van der Waals surface area contributed by atoms with Crippen LogP contribution < -0.4 is 4.90 Å². The van der Waals surface area contributed by atoms with Gasteiger partial charge in [0.25, 0.3) is 0 Å². The molecule has 0 radical (unpaired) electrons. The summed E-state index contributed by atoms with van der Waals surface area (Å²) >= 11 is 0. The van der Waals surface area contributed by atoms with Crippen LogP contribution in [0.5, 0.6) is 0 Å². The van der Waals surface area contributed by atoms with Crippen molar-refractivity contribution in [1.82, 2.24) is 4.98 Å². The van der Waals surface area contributed by atoms with E-state index in [1.807, 2.05) is 49.9 Å². The summed E-state index contributed by atoms with van der Waals surface area (Å²) in [5.74, 6) is 0. The maximum absolute atomic E-state index is 8.94. The Bertz CT molecular complexity index is 1160. The molecule has 1 aliphatic heterocycles. The van der Waals surface area contributed by atoms with Gasteiger partial charge in [0.15, 0.2) is 5.58 Å². The highest BCUT2D eigenvalue weighted by Gasteiger charge is 2.49. The van der Waals surface area contributed by atoms with E-state index in [1.54, 1.807) is 20.8 Å². The van der Waals surface area contributed by atoms with Crippen molar-refractivity contribution in [1.29, 1.82) is 0 Å². The molecule has 3 heterocycles. The number of anilines is 1. The first-order valence-corrected chi connectivity index (χ1v) is 8.75. The van der Waals surface area contributed by atoms with Gasteiger partial charge in [-0.2, -0.15) is 0 Å². The number of hydrogen-bond donors (Lipinski definition) is 0. The van der Waals surface area contributed by atoms with E-state index in [0.717, 1.165) is 27.7 Å². The quantitative estimate of drug-likeness (QED) is 0.543. The molecule has 0 saturated carbocycles. The van der Waals surface area contributed by atoms with Gasteiger partial charge in [-0.1, -0.05) is 25.9 Å². The van der Waals surface area contributed by atoms with Gasteiger partial charge in [0.05, 0.1) is 5.69 Å². The van der Waals surface area contributed by atoms with Crippen molar-refractivity contribution in [3.05, 3.63) is 35.5 Å². The van der Waals surface area contributed by atoms with Gasteiger partial charge in [0.2, 0.25) is 5.71 Å². The highest BCUT2D eigenvalue weighted by atomic mass is 16.3. The van der Waals surface area contributed by atoms with Crippen molar-refractivity contribution in [2.24, 2.45) is 5.41 Å². The predicted molar refractivity (Wildman–Crippen MR) is 105 cm³/mol. The summed E-state index contributed by atoms with van der Waals surface area (Å²) in [7, 11) is 0.